The molecule has 4 heteroatoms. The van der Waals surface area contributed by atoms with Crippen molar-refractivity contribution in [1.29, 1.82) is 0 Å². The van der Waals surface area contributed by atoms with Gasteiger partial charge >= 0.3 is 0 Å². The Morgan fingerprint density at radius 2 is 2.14 bits per heavy atom. The highest BCUT2D eigenvalue weighted by Crippen LogP contribution is 2.36. The topological polar surface area (TPSA) is 41.9 Å². The molecule has 0 fully saturated rings. The quantitative estimate of drug-likeness (QED) is 0.875. The smallest absolute Gasteiger partial charge is 0.127 e. The van der Waals surface area contributed by atoms with Gasteiger partial charge in [-0.2, -0.15) is 0 Å². The van der Waals surface area contributed by atoms with Crippen molar-refractivity contribution in [3.63, 3.8) is 0 Å². The molecule has 1 heterocycles. The first-order chi connectivity index (χ1) is 9.82. The van der Waals surface area contributed by atoms with Crippen LogP contribution >= 0.6 is 0 Å². The first-order valence-corrected chi connectivity index (χ1v) is 7.63. The summed E-state index contributed by atoms with van der Waals surface area (Å²) in [7, 11) is 1.69. The Hall–Kier alpha value is -1.26. The lowest BCUT2D eigenvalue weighted by atomic mass is 10.0. The lowest BCUT2D eigenvalue weighted by molar-refractivity contribution is 0.0350. The van der Waals surface area contributed by atoms with Crippen LogP contribution in [0, 0.1) is 0 Å². The molecular formula is C17H27NO3. The second kappa shape index (κ2) is 6.24. The normalized spacial score (nSPS) is 17.8. The SMILES string of the molecule is CCN(Cc1cc(OC)cc2c1OC(C)C2)CC(C)(C)O. The molecule has 0 radical (unpaired) electrons. The van der Waals surface area contributed by atoms with E-state index in [-0.39, 0.29) is 6.10 Å². The van der Waals surface area contributed by atoms with Crippen molar-refractivity contribution < 1.29 is 14.6 Å². The maximum Gasteiger partial charge on any atom is 0.127 e. The summed E-state index contributed by atoms with van der Waals surface area (Å²) in [5, 5.41) is 10.0. The van der Waals surface area contributed by atoms with Gasteiger partial charge in [0.1, 0.15) is 17.6 Å². The summed E-state index contributed by atoms with van der Waals surface area (Å²) in [4.78, 5) is 2.22. The number of likely N-dealkylation sites (N-methyl/N-ethyl adjacent to an activating group) is 1. The van der Waals surface area contributed by atoms with Gasteiger partial charge < -0.3 is 14.6 Å². The molecule has 1 aromatic rings. The molecule has 2 rings (SSSR count). The van der Waals surface area contributed by atoms with E-state index in [0.717, 1.165) is 36.6 Å². The van der Waals surface area contributed by atoms with E-state index in [1.54, 1.807) is 7.11 Å². The Kier molecular flexibility index (Phi) is 4.79. The van der Waals surface area contributed by atoms with E-state index in [1.807, 2.05) is 19.9 Å². The molecule has 1 unspecified atom stereocenters. The molecule has 0 spiro atoms. The molecule has 1 aliphatic rings. The highest BCUT2D eigenvalue weighted by molar-refractivity contribution is 5.49. The van der Waals surface area contributed by atoms with Crippen LogP contribution in [0.4, 0.5) is 0 Å². The molecule has 0 aromatic heterocycles. The molecule has 0 amide bonds. The first kappa shape index (κ1) is 16.1. The number of benzene rings is 1. The van der Waals surface area contributed by atoms with Crippen LogP contribution in [0.3, 0.4) is 0 Å². The summed E-state index contributed by atoms with van der Waals surface area (Å²) >= 11 is 0. The minimum Gasteiger partial charge on any atom is -0.497 e. The van der Waals surface area contributed by atoms with E-state index < -0.39 is 5.60 Å². The molecule has 1 atom stereocenters. The molecule has 1 aliphatic heterocycles. The van der Waals surface area contributed by atoms with Gasteiger partial charge in [0.05, 0.1) is 12.7 Å². The number of hydrogen-bond donors (Lipinski definition) is 1. The molecule has 0 saturated carbocycles. The average Bonchev–Trinajstić information content (AvgIpc) is 2.76. The maximum absolute atomic E-state index is 10.0. The molecule has 4 nitrogen and oxygen atoms in total. The zero-order chi connectivity index (χ0) is 15.6. The highest BCUT2D eigenvalue weighted by Gasteiger charge is 2.25. The molecule has 118 valence electrons. The third kappa shape index (κ3) is 4.11. The van der Waals surface area contributed by atoms with E-state index in [9.17, 15) is 5.11 Å². The predicted octanol–water partition coefficient (Wildman–Crippen LogP) is 2.61. The zero-order valence-corrected chi connectivity index (χ0v) is 13.8. The molecule has 0 aliphatic carbocycles. The van der Waals surface area contributed by atoms with Gasteiger partial charge in [-0.05, 0) is 39.4 Å². The average molecular weight is 293 g/mol. The molecule has 1 aromatic carbocycles. The summed E-state index contributed by atoms with van der Waals surface area (Å²) in [5.41, 5.74) is 1.66. The number of nitrogens with zero attached hydrogens (tertiary/aromatic N) is 1. The van der Waals surface area contributed by atoms with Crippen LogP contribution in [-0.4, -0.2) is 41.9 Å². The predicted molar refractivity (Wildman–Crippen MR) is 84.0 cm³/mol. The van der Waals surface area contributed by atoms with Crippen molar-refractivity contribution in [3.05, 3.63) is 23.3 Å². The Morgan fingerprint density at radius 1 is 1.43 bits per heavy atom. The minimum atomic E-state index is -0.702. The van der Waals surface area contributed by atoms with Crippen LogP contribution in [0.5, 0.6) is 11.5 Å². The van der Waals surface area contributed by atoms with Gasteiger partial charge in [-0.1, -0.05) is 6.92 Å². The van der Waals surface area contributed by atoms with E-state index in [4.69, 9.17) is 9.47 Å². The molecule has 1 N–H and O–H groups in total. The second-order valence-corrected chi connectivity index (χ2v) is 6.52. The fourth-order valence-electron chi connectivity index (χ4n) is 2.88. The van der Waals surface area contributed by atoms with Gasteiger partial charge in [0.15, 0.2) is 0 Å². The number of rotatable bonds is 6. The Morgan fingerprint density at radius 3 is 2.71 bits per heavy atom. The number of hydrogen-bond acceptors (Lipinski definition) is 4. The summed E-state index contributed by atoms with van der Waals surface area (Å²) in [6, 6.07) is 4.11. The maximum atomic E-state index is 10.0. The lowest BCUT2D eigenvalue weighted by Gasteiger charge is -2.28. The van der Waals surface area contributed by atoms with Crippen molar-refractivity contribution in [1.82, 2.24) is 4.90 Å². The van der Waals surface area contributed by atoms with Crippen molar-refractivity contribution in [3.8, 4) is 11.5 Å². The Labute approximate surface area is 127 Å². The standard InChI is InChI=1S/C17H27NO3/c1-6-18(11-17(3,4)19)10-14-9-15(20-5)8-13-7-12(2)21-16(13)14/h8-9,12,19H,6-7,10-11H2,1-5H3. The van der Waals surface area contributed by atoms with Gasteiger partial charge in [-0.15, -0.1) is 0 Å². The molecule has 21 heavy (non-hydrogen) atoms. The summed E-state index contributed by atoms with van der Waals surface area (Å²) < 4.78 is 11.4. The highest BCUT2D eigenvalue weighted by atomic mass is 16.5. The van der Waals surface area contributed by atoms with Gasteiger partial charge in [0.25, 0.3) is 0 Å². The van der Waals surface area contributed by atoms with E-state index in [2.05, 4.69) is 24.8 Å². The number of aliphatic hydroxyl groups is 1. The monoisotopic (exact) mass is 293 g/mol. The second-order valence-electron chi connectivity index (χ2n) is 6.52. The van der Waals surface area contributed by atoms with Crippen LogP contribution in [-0.2, 0) is 13.0 Å². The largest absolute Gasteiger partial charge is 0.497 e. The van der Waals surface area contributed by atoms with Crippen LogP contribution in [0.25, 0.3) is 0 Å². The number of ether oxygens (including phenoxy) is 2. The first-order valence-electron chi connectivity index (χ1n) is 7.63. The molecular weight excluding hydrogens is 266 g/mol. The van der Waals surface area contributed by atoms with E-state index in [0.29, 0.717) is 6.54 Å². The zero-order valence-electron chi connectivity index (χ0n) is 13.8. The van der Waals surface area contributed by atoms with Crippen LogP contribution in [0.15, 0.2) is 12.1 Å². The minimum absolute atomic E-state index is 0.218. The van der Waals surface area contributed by atoms with Crippen molar-refractivity contribution in [2.75, 3.05) is 20.2 Å². The Balaban J connectivity index is 2.24. The molecule has 0 saturated heterocycles. The number of fused-ring (bicyclic) bond motifs is 1. The van der Waals surface area contributed by atoms with Gasteiger partial charge in [-0.25, -0.2) is 0 Å². The van der Waals surface area contributed by atoms with Crippen molar-refractivity contribution in [2.24, 2.45) is 0 Å². The van der Waals surface area contributed by atoms with Gasteiger partial charge in [0, 0.05) is 30.6 Å². The number of methoxy groups -OCH3 is 1. The fourth-order valence-corrected chi connectivity index (χ4v) is 2.88. The van der Waals surface area contributed by atoms with Crippen LogP contribution in [0.1, 0.15) is 38.8 Å². The summed E-state index contributed by atoms with van der Waals surface area (Å²) in [6.45, 7) is 10.1. The van der Waals surface area contributed by atoms with Gasteiger partial charge in [0.2, 0.25) is 0 Å². The van der Waals surface area contributed by atoms with Crippen LogP contribution < -0.4 is 9.47 Å². The van der Waals surface area contributed by atoms with E-state index in [1.165, 1.54) is 5.56 Å². The third-order valence-electron chi connectivity index (χ3n) is 3.73. The van der Waals surface area contributed by atoms with Crippen molar-refractivity contribution >= 4 is 0 Å². The van der Waals surface area contributed by atoms with Gasteiger partial charge in [-0.3, -0.25) is 4.90 Å². The summed E-state index contributed by atoms with van der Waals surface area (Å²) in [6.07, 6.45) is 1.15. The van der Waals surface area contributed by atoms with Crippen LogP contribution in [0.2, 0.25) is 0 Å². The fraction of sp³-hybridized carbons (Fsp3) is 0.647. The Bertz CT molecular complexity index is 494. The lowest BCUT2D eigenvalue weighted by Crippen LogP contribution is -2.38. The molecule has 0 bridgehead atoms. The van der Waals surface area contributed by atoms with E-state index >= 15 is 0 Å². The van der Waals surface area contributed by atoms with Crippen molar-refractivity contribution in [2.45, 2.75) is 52.4 Å². The third-order valence-corrected chi connectivity index (χ3v) is 3.73. The summed E-state index contributed by atoms with van der Waals surface area (Å²) in [5.74, 6) is 1.87.